The summed E-state index contributed by atoms with van der Waals surface area (Å²) in [6.07, 6.45) is 4.57. The topological polar surface area (TPSA) is 92.5 Å². The van der Waals surface area contributed by atoms with Crippen LogP contribution in [0.1, 0.15) is 17.9 Å². The molecule has 1 aromatic carbocycles. The van der Waals surface area contributed by atoms with E-state index >= 15 is 0 Å². The van der Waals surface area contributed by atoms with Crippen molar-refractivity contribution in [1.29, 1.82) is 0 Å². The van der Waals surface area contributed by atoms with Gasteiger partial charge < -0.3 is 10.4 Å². The Hall–Kier alpha value is -2.37. The molecule has 6 heteroatoms. The van der Waals surface area contributed by atoms with Crippen molar-refractivity contribution >= 4 is 17.3 Å². The number of nitro benzene ring substituents is 1. The van der Waals surface area contributed by atoms with E-state index in [0.717, 1.165) is 5.56 Å². The molecule has 0 aromatic heterocycles. The molecular weight excluding hydrogens is 248 g/mol. The summed E-state index contributed by atoms with van der Waals surface area (Å²) < 4.78 is 0. The van der Waals surface area contributed by atoms with E-state index in [9.17, 15) is 20.0 Å². The minimum atomic E-state index is -0.970. The Kier molecular flexibility index (Phi) is 2.51. The third kappa shape index (κ3) is 1.68. The first-order valence-corrected chi connectivity index (χ1v) is 6.03. The Labute approximate surface area is 108 Å². The van der Waals surface area contributed by atoms with Crippen LogP contribution in [0.3, 0.4) is 0 Å². The number of aliphatic carboxylic acids is 1. The summed E-state index contributed by atoms with van der Waals surface area (Å²) in [4.78, 5) is 21.9. The van der Waals surface area contributed by atoms with Crippen LogP contribution in [0.2, 0.25) is 0 Å². The van der Waals surface area contributed by atoms with Gasteiger partial charge in [-0.25, -0.2) is 4.79 Å². The highest BCUT2D eigenvalue weighted by atomic mass is 16.6. The molecule has 1 heterocycles. The lowest BCUT2D eigenvalue weighted by atomic mass is 9.79. The number of carboxylic acid groups (broad SMARTS) is 1. The SMILES string of the molecule is O=C(O)[C@H]1Nc2c(cccc2[N+](=O)[O-])[C@H]2C=CC[C@H]12. The van der Waals surface area contributed by atoms with Crippen LogP contribution in [0.5, 0.6) is 0 Å². The van der Waals surface area contributed by atoms with Crippen LogP contribution >= 0.6 is 0 Å². The van der Waals surface area contributed by atoms with E-state index in [4.69, 9.17) is 0 Å². The van der Waals surface area contributed by atoms with Gasteiger partial charge in [-0.05, 0) is 12.0 Å². The summed E-state index contributed by atoms with van der Waals surface area (Å²) in [7, 11) is 0. The Morgan fingerprint density at radius 1 is 1.47 bits per heavy atom. The molecule has 3 rings (SSSR count). The van der Waals surface area contributed by atoms with Gasteiger partial charge in [0, 0.05) is 17.9 Å². The lowest BCUT2D eigenvalue weighted by Gasteiger charge is -2.34. The quantitative estimate of drug-likeness (QED) is 0.482. The minimum Gasteiger partial charge on any atom is -0.480 e. The number of fused-ring (bicyclic) bond motifs is 3. The van der Waals surface area contributed by atoms with Crippen LogP contribution in [-0.4, -0.2) is 22.0 Å². The van der Waals surface area contributed by atoms with Gasteiger partial charge in [0.1, 0.15) is 11.7 Å². The molecule has 2 aliphatic rings. The molecule has 0 bridgehead atoms. The van der Waals surface area contributed by atoms with Crippen LogP contribution in [0, 0.1) is 16.0 Å². The van der Waals surface area contributed by atoms with Gasteiger partial charge in [0.05, 0.1) is 4.92 Å². The van der Waals surface area contributed by atoms with Gasteiger partial charge >= 0.3 is 5.97 Å². The summed E-state index contributed by atoms with van der Waals surface area (Å²) in [6.45, 7) is 0. The number of nitro groups is 1. The fourth-order valence-corrected chi connectivity index (χ4v) is 3.00. The molecule has 19 heavy (non-hydrogen) atoms. The standard InChI is InChI=1S/C13H12N2O4/c16-13(17)12-9-4-1-3-7(9)8-5-2-6-10(15(18)19)11(8)14-12/h1-3,5-7,9,12,14H,4H2,(H,16,17)/t7-,9+,12+/m1/s1. The molecule has 6 nitrogen and oxygen atoms in total. The van der Waals surface area contributed by atoms with E-state index in [1.54, 1.807) is 6.07 Å². The summed E-state index contributed by atoms with van der Waals surface area (Å²) >= 11 is 0. The van der Waals surface area contributed by atoms with Gasteiger partial charge in [-0.3, -0.25) is 10.1 Å². The van der Waals surface area contributed by atoms with Gasteiger partial charge in [0.15, 0.2) is 0 Å². The van der Waals surface area contributed by atoms with E-state index in [-0.39, 0.29) is 17.5 Å². The number of nitrogens with one attached hydrogen (secondary N) is 1. The van der Waals surface area contributed by atoms with Crippen molar-refractivity contribution < 1.29 is 14.8 Å². The van der Waals surface area contributed by atoms with Crippen LogP contribution in [-0.2, 0) is 4.79 Å². The molecule has 0 saturated heterocycles. The maximum absolute atomic E-state index is 11.3. The summed E-state index contributed by atoms with van der Waals surface area (Å²) in [5.74, 6) is -1.10. The zero-order valence-corrected chi connectivity index (χ0v) is 9.95. The van der Waals surface area contributed by atoms with E-state index < -0.39 is 16.9 Å². The molecule has 1 aromatic rings. The predicted molar refractivity (Wildman–Crippen MR) is 68.1 cm³/mol. The second kappa shape index (κ2) is 4.08. The first-order chi connectivity index (χ1) is 9.09. The lowest BCUT2D eigenvalue weighted by Crippen LogP contribution is -2.42. The molecule has 3 atom stereocenters. The number of carboxylic acids is 1. The highest BCUT2D eigenvalue weighted by Crippen LogP contribution is 2.47. The maximum Gasteiger partial charge on any atom is 0.326 e. The normalized spacial score (nSPS) is 27.3. The average molecular weight is 260 g/mol. The van der Waals surface area contributed by atoms with Crippen molar-refractivity contribution in [2.45, 2.75) is 18.4 Å². The van der Waals surface area contributed by atoms with Gasteiger partial charge in [-0.2, -0.15) is 0 Å². The molecule has 1 aliphatic heterocycles. The van der Waals surface area contributed by atoms with Gasteiger partial charge in [-0.15, -0.1) is 0 Å². The van der Waals surface area contributed by atoms with E-state index in [1.165, 1.54) is 6.07 Å². The molecule has 0 fully saturated rings. The molecule has 0 saturated carbocycles. The van der Waals surface area contributed by atoms with Crippen molar-refractivity contribution in [3.8, 4) is 0 Å². The summed E-state index contributed by atoms with van der Waals surface area (Å²) in [5, 5.41) is 23.2. The fraction of sp³-hybridized carbons (Fsp3) is 0.308. The van der Waals surface area contributed by atoms with E-state index in [0.29, 0.717) is 12.1 Å². The number of benzene rings is 1. The zero-order chi connectivity index (χ0) is 13.6. The minimum absolute atomic E-state index is 0.0581. The molecule has 1 aliphatic carbocycles. The van der Waals surface area contributed by atoms with Crippen LogP contribution in [0.4, 0.5) is 11.4 Å². The monoisotopic (exact) mass is 260 g/mol. The number of hydrogen-bond donors (Lipinski definition) is 2. The first-order valence-electron chi connectivity index (χ1n) is 6.03. The molecule has 0 spiro atoms. The molecule has 98 valence electrons. The zero-order valence-electron chi connectivity index (χ0n) is 9.95. The number of nitrogens with zero attached hydrogens (tertiary/aromatic N) is 1. The average Bonchev–Trinajstić information content (AvgIpc) is 2.85. The largest absolute Gasteiger partial charge is 0.480 e. The van der Waals surface area contributed by atoms with Crippen LogP contribution in [0.15, 0.2) is 30.4 Å². The van der Waals surface area contributed by atoms with E-state index in [2.05, 4.69) is 5.32 Å². The summed E-state index contributed by atoms with van der Waals surface area (Å²) in [5.41, 5.74) is 1.08. The highest BCUT2D eigenvalue weighted by Gasteiger charge is 2.42. The Balaban J connectivity index is 2.15. The molecule has 0 unspecified atom stereocenters. The number of para-hydroxylation sites is 1. The van der Waals surface area contributed by atoms with E-state index in [1.807, 2.05) is 18.2 Å². The second-order valence-electron chi connectivity index (χ2n) is 4.81. The Morgan fingerprint density at radius 3 is 2.95 bits per heavy atom. The van der Waals surface area contributed by atoms with Crippen molar-refractivity contribution in [2.75, 3.05) is 5.32 Å². The number of allylic oxidation sites excluding steroid dienone is 2. The van der Waals surface area contributed by atoms with Crippen molar-refractivity contribution in [3.63, 3.8) is 0 Å². The Morgan fingerprint density at radius 2 is 2.26 bits per heavy atom. The van der Waals surface area contributed by atoms with Crippen LogP contribution < -0.4 is 5.32 Å². The number of anilines is 1. The van der Waals surface area contributed by atoms with Gasteiger partial charge in [-0.1, -0.05) is 24.3 Å². The molecule has 0 radical (unpaired) electrons. The lowest BCUT2D eigenvalue weighted by molar-refractivity contribution is -0.384. The number of carbonyl (C=O) groups is 1. The van der Waals surface area contributed by atoms with Crippen molar-refractivity contribution in [2.24, 2.45) is 5.92 Å². The van der Waals surface area contributed by atoms with Crippen LogP contribution in [0.25, 0.3) is 0 Å². The first kappa shape index (κ1) is 11.7. The molecular formula is C13H12N2O4. The highest BCUT2D eigenvalue weighted by molar-refractivity contribution is 5.83. The van der Waals surface area contributed by atoms with Crippen molar-refractivity contribution in [1.82, 2.24) is 0 Å². The second-order valence-corrected chi connectivity index (χ2v) is 4.81. The molecule has 0 amide bonds. The fourth-order valence-electron chi connectivity index (χ4n) is 3.00. The Bertz CT molecular complexity index is 596. The van der Waals surface area contributed by atoms with Crippen molar-refractivity contribution in [3.05, 3.63) is 46.0 Å². The number of rotatable bonds is 2. The number of hydrogen-bond acceptors (Lipinski definition) is 4. The summed E-state index contributed by atoms with van der Waals surface area (Å²) in [6, 6.07) is 4.07. The van der Waals surface area contributed by atoms with Gasteiger partial charge in [0.25, 0.3) is 5.69 Å². The molecule has 2 N–H and O–H groups in total. The van der Waals surface area contributed by atoms with Gasteiger partial charge in [0.2, 0.25) is 0 Å². The smallest absolute Gasteiger partial charge is 0.326 e. The maximum atomic E-state index is 11.3. The third-order valence-electron chi connectivity index (χ3n) is 3.84. The predicted octanol–water partition coefficient (Wildman–Crippen LogP) is 2.13. The third-order valence-corrected chi connectivity index (χ3v) is 3.84.